The Morgan fingerprint density at radius 2 is 1.26 bits per heavy atom. The Morgan fingerprint density at radius 3 is 1.66 bits per heavy atom. The molecular weight excluding hydrogens is 484 g/mol. The number of rotatable bonds is 18. The minimum absolute atomic E-state index is 0. The van der Waals surface area contributed by atoms with E-state index in [0.29, 0.717) is 24.4 Å². The second-order valence-corrected chi connectivity index (χ2v) is 11.1. The molecular formula is C31H64O7. The molecule has 0 aromatic heterocycles. The molecule has 0 bridgehead atoms. The summed E-state index contributed by atoms with van der Waals surface area (Å²) >= 11 is 0. The van der Waals surface area contributed by atoms with Crippen LogP contribution in [0.1, 0.15) is 114 Å². The largest absolute Gasteiger partial charge is 0.396 e. The van der Waals surface area contributed by atoms with Crippen molar-refractivity contribution in [2.24, 2.45) is 17.8 Å². The maximum atomic E-state index is 8.67. The van der Waals surface area contributed by atoms with E-state index in [1.165, 1.54) is 12.0 Å². The molecule has 0 aliphatic heterocycles. The molecule has 0 aromatic rings. The zero-order valence-corrected chi connectivity index (χ0v) is 25.1. The van der Waals surface area contributed by atoms with E-state index in [9.17, 15) is 0 Å². The zero-order chi connectivity index (χ0) is 29.3. The molecule has 0 spiro atoms. The van der Waals surface area contributed by atoms with E-state index >= 15 is 0 Å². The molecule has 230 valence electrons. The first kappa shape index (κ1) is 44.0. The van der Waals surface area contributed by atoms with Crippen molar-refractivity contribution >= 4 is 0 Å². The lowest BCUT2D eigenvalue weighted by Gasteiger charge is -2.15. The Balaban J connectivity index is -0.000000226. The van der Waals surface area contributed by atoms with Gasteiger partial charge in [-0.1, -0.05) is 58.6 Å². The molecule has 0 aromatic carbocycles. The van der Waals surface area contributed by atoms with Gasteiger partial charge in [0.2, 0.25) is 0 Å². The van der Waals surface area contributed by atoms with E-state index in [1.54, 1.807) is 13.8 Å². The smallest absolute Gasteiger partial charge is 0.116 e. The molecule has 4 unspecified atom stereocenters. The van der Waals surface area contributed by atoms with Crippen molar-refractivity contribution < 1.29 is 35.6 Å². The molecule has 0 aliphatic rings. The molecule has 0 saturated carbocycles. The highest BCUT2D eigenvalue weighted by atomic mass is 17.1. The fourth-order valence-corrected chi connectivity index (χ4v) is 3.16. The Labute approximate surface area is 235 Å². The van der Waals surface area contributed by atoms with E-state index in [2.05, 4.69) is 57.0 Å². The fraction of sp³-hybridized carbons (Fsp3) is 0.806. The fourth-order valence-electron chi connectivity index (χ4n) is 3.16. The monoisotopic (exact) mass is 548 g/mol. The summed E-state index contributed by atoms with van der Waals surface area (Å²) in [4.78, 5) is 8.52. The maximum Gasteiger partial charge on any atom is 0.116 e. The van der Waals surface area contributed by atoms with Crippen molar-refractivity contribution in [3.8, 4) is 0 Å². The predicted octanol–water partition coefficient (Wildman–Crippen LogP) is 7.83. The molecule has 38 heavy (non-hydrogen) atoms. The average molecular weight is 549 g/mol. The van der Waals surface area contributed by atoms with Crippen molar-refractivity contribution in [1.29, 1.82) is 0 Å². The van der Waals surface area contributed by atoms with Gasteiger partial charge in [-0.3, -0.25) is 10.5 Å². The van der Waals surface area contributed by atoms with Crippen molar-refractivity contribution in [1.82, 2.24) is 0 Å². The van der Waals surface area contributed by atoms with E-state index < -0.39 is 5.60 Å². The van der Waals surface area contributed by atoms with Crippen LogP contribution in [0, 0.1) is 17.8 Å². The Morgan fingerprint density at radius 1 is 0.789 bits per heavy atom. The highest BCUT2D eigenvalue weighted by Gasteiger charge is 2.13. The van der Waals surface area contributed by atoms with Crippen molar-refractivity contribution in [3.05, 3.63) is 36.0 Å². The Bertz CT molecular complexity index is 569. The van der Waals surface area contributed by atoms with Crippen LogP contribution in [0.5, 0.6) is 0 Å². The van der Waals surface area contributed by atoms with E-state index in [4.69, 9.17) is 25.8 Å². The molecule has 0 rings (SSSR count). The van der Waals surface area contributed by atoms with Crippen molar-refractivity contribution in [3.63, 3.8) is 0 Å². The van der Waals surface area contributed by atoms with Gasteiger partial charge in [0.25, 0.3) is 0 Å². The van der Waals surface area contributed by atoms with Crippen LogP contribution in [-0.4, -0.2) is 57.4 Å². The van der Waals surface area contributed by atoms with Crippen LogP contribution in [0.3, 0.4) is 0 Å². The van der Waals surface area contributed by atoms with Crippen LogP contribution in [-0.2, 0) is 9.78 Å². The summed E-state index contributed by atoms with van der Waals surface area (Å²) in [5.41, 5.74) is 1.61. The molecule has 7 nitrogen and oxygen atoms in total. The van der Waals surface area contributed by atoms with Gasteiger partial charge in [0.1, 0.15) is 11.7 Å². The number of aliphatic hydroxyl groups excluding tert-OH is 3. The summed E-state index contributed by atoms with van der Waals surface area (Å²) in [6, 6.07) is 0. The lowest BCUT2D eigenvalue weighted by Crippen LogP contribution is -2.18. The molecule has 7 heteroatoms. The summed E-state index contributed by atoms with van der Waals surface area (Å²) in [5, 5.41) is 43.0. The maximum absolute atomic E-state index is 8.67. The molecule has 0 heterocycles. The molecule has 0 saturated heterocycles. The number of aliphatic hydroxyl groups is 3. The van der Waals surface area contributed by atoms with Gasteiger partial charge < -0.3 is 15.3 Å². The normalized spacial score (nSPS) is 14.1. The summed E-state index contributed by atoms with van der Waals surface area (Å²) in [5.74, 6) is 1.59. The van der Waals surface area contributed by atoms with Gasteiger partial charge in [0.05, 0.1) is 0 Å². The molecule has 5 N–H and O–H groups in total. The standard InChI is InChI=1S/2C10H20O3.C10H20O.CH4/c1-8(2)10(13-12)5-4-9(3)6-7-11;1-9(6-8-11)5-4-7-10(2,3)13-12;1-9(2)5-4-6-10(3)7-8-11;/h9-12H,1,4-7H2,2-3H3;4,7,9,11-12H,5-6,8H2,1-3H3;5,10-11H,4,6-8H2,1-3H3;1H4/b;7-4+;;. The minimum atomic E-state index is -0.612. The number of hydrogen-bond donors (Lipinski definition) is 5. The van der Waals surface area contributed by atoms with Crippen LogP contribution >= 0.6 is 0 Å². The van der Waals surface area contributed by atoms with Gasteiger partial charge in [-0.2, -0.15) is 0 Å². The van der Waals surface area contributed by atoms with Crippen LogP contribution in [0.25, 0.3) is 0 Å². The van der Waals surface area contributed by atoms with Gasteiger partial charge in [0, 0.05) is 19.8 Å². The minimum Gasteiger partial charge on any atom is -0.396 e. The van der Waals surface area contributed by atoms with E-state index in [1.807, 2.05) is 19.1 Å². The highest BCUT2D eigenvalue weighted by Crippen LogP contribution is 2.16. The lowest BCUT2D eigenvalue weighted by atomic mass is 9.98. The van der Waals surface area contributed by atoms with Crippen LogP contribution in [0.2, 0.25) is 0 Å². The molecule has 0 radical (unpaired) electrons. The van der Waals surface area contributed by atoms with Crippen LogP contribution in [0.4, 0.5) is 0 Å². The van der Waals surface area contributed by atoms with Crippen LogP contribution < -0.4 is 0 Å². The highest BCUT2D eigenvalue weighted by molar-refractivity contribution is 4.97. The third-order valence-corrected chi connectivity index (χ3v) is 5.97. The quantitative estimate of drug-likeness (QED) is 0.0672. The second kappa shape index (κ2) is 28.9. The Kier molecular flexibility index (Phi) is 33.5. The molecule has 4 atom stereocenters. The molecule has 0 amide bonds. The predicted molar refractivity (Wildman–Crippen MR) is 161 cm³/mol. The summed E-state index contributed by atoms with van der Waals surface area (Å²) in [7, 11) is 0. The zero-order valence-electron chi connectivity index (χ0n) is 25.1. The molecule has 0 fully saturated rings. The van der Waals surface area contributed by atoms with Gasteiger partial charge >= 0.3 is 0 Å². The van der Waals surface area contributed by atoms with Crippen LogP contribution in [0.15, 0.2) is 36.0 Å². The number of hydrogen-bond acceptors (Lipinski definition) is 7. The first-order valence-electron chi connectivity index (χ1n) is 13.7. The van der Waals surface area contributed by atoms with Crippen molar-refractivity contribution in [2.45, 2.75) is 126 Å². The summed E-state index contributed by atoms with van der Waals surface area (Å²) in [6.07, 6.45) is 13.3. The van der Waals surface area contributed by atoms with Gasteiger partial charge in [-0.15, -0.1) is 0 Å². The third-order valence-electron chi connectivity index (χ3n) is 5.97. The van der Waals surface area contributed by atoms with Gasteiger partial charge in [-0.25, -0.2) is 9.78 Å². The SMILES string of the molecule is C.C=C(C)C(CCC(C)CCO)OO.CC(C)=CCCC(C)CCO.CC(C/C=C/C(C)(C)OO)CCO. The van der Waals surface area contributed by atoms with Gasteiger partial charge in [-0.05, 0) is 109 Å². The number of allylic oxidation sites excluding steroid dienone is 3. The lowest BCUT2D eigenvalue weighted by molar-refractivity contribution is -0.297. The average Bonchev–Trinajstić information content (AvgIpc) is 2.80. The summed E-state index contributed by atoms with van der Waals surface area (Å²) < 4.78 is 0. The second-order valence-electron chi connectivity index (χ2n) is 11.1. The first-order chi connectivity index (χ1) is 17.3. The summed E-state index contributed by atoms with van der Waals surface area (Å²) in [6.45, 7) is 20.5. The third kappa shape index (κ3) is 33.0. The van der Waals surface area contributed by atoms with Gasteiger partial charge in [0.15, 0.2) is 0 Å². The molecule has 0 aliphatic carbocycles. The topological polar surface area (TPSA) is 120 Å². The first-order valence-corrected chi connectivity index (χ1v) is 13.7. The van der Waals surface area contributed by atoms with E-state index in [-0.39, 0.29) is 26.7 Å². The Hall–Kier alpha value is -1.06. The van der Waals surface area contributed by atoms with Crippen molar-refractivity contribution in [2.75, 3.05) is 19.8 Å². The van der Waals surface area contributed by atoms with E-state index in [0.717, 1.165) is 50.5 Å².